The third-order valence-electron chi connectivity index (χ3n) is 4.02. The van der Waals surface area contributed by atoms with Gasteiger partial charge in [-0.25, -0.2) is 0 Å². The van der Waals surface area contributed by atoms with Crippen LogP contribution < -0.4 is 10.2 Å². The molecule has 2 aliphatic heterocycles. The Hall–Kier alpha value is -1.32. The van der Waals surface area contributed by atoms with Gasteiger partial charge in [0.25, 0.3) is 0 Å². The predicted octanol–water partition coefficient (Wildman–Crippen LogP) is 2.88. The molecule has 92 valence electrons. The van der Waals surface area contributed by atoms with Crippen molar-refractivity contribution in [3.63, 3.8) is 0 Å². The fraction of sp³-hybridized carbons (Fsp3) is 0.333. The van der Waals surface area contributed by atoms with Crippen LogP contribution in [0.15, 0.2) is 29.0 Å². The zero-order chi connectivity index (χ0) is 11.9. The van der Waals surface area contributed by atoms with E-state index in [0.29, 0.717) is 0 Å². The van der Waals surface area contributed by atoms with Crippen molar-refractivity contribution in [2.24, 2.45) is 0 Å². The molecule has 0 saturated heterocycles. The topological polar surface area (TPSA) is 15.3 Å². The van der Waals surface area contributed by atoms with Crippen LogP contribution in [0.4, 0.5) is 5.69 Å². The Kier molecular flexibility index (Phi) is 2.42. The number of benzene rings is 1. The Morgan fingerprint density at radius 3 is 3.06 bits per heavy atom. The van der Waals surface area contributed by atoms with Crippen LogP contribution in [0, 0.1) is 0 Å². The van der Waals surface area contributed by atoms with E-state index in [4.69, 9.17) is 0 Å². The van der Waals surface area contributed by atoms with Crippen molar-refractivity contribution < 1.29 is 0 Å². The molecule has 0 atom stereocenters. The number of nitrogens with zero attached hydrogens (tertiary/aromatic N) is 1. The van der Waals surface area contributed by atoms with Crippen molar-refractivity contribution in [3.05, 3.63) is 40.1 Å². The van der Waals surface area contributed by atoms with Gasteiger partial charge in [0.15, 0.2) is 0 Å². The summed E-state index contributed by atoms with van der Waals surface area (Å²) in [5.74, 6) is 0. The fourth-order valence-corrected chi connectivity index (χ4v) is 3.84. The van der Waals surface area contributed by atoms with Crippen LogP contribution in [0.5, 0.6) is 0 Å². The molecule has 2 aromatic rings. The molecule has 18 heavy (non-hydrogen) atoms. The number of anilines is 1. The summed E-state index contributed by atoms with van der Waals surface area (Å²) in [5.41, 5.74) is 7.38. The molecule has 0 radical (unpaired) electrons. The summed E-state index contributed by atoms with van der Waals surface area (Å²) in [6, 6.07) is 6.86. The molecule has 2 nitrogen and oxygen atoms in total. The van der Waals surface area contributed by atoms with Crippen molar-refractivity contribution >= 4 is 17.0 Å². The minimum Gasteiger partial charge on any atom is -0.369 e. The van der Waals surface area contributed by atoms with Gasteiger partial charge in [-0.05, 0) is 45.5 Å². The standard InChI is InChI=1S/C15H16N2S/c1-2-13(12-4-8-18-10-12)14-3-6-17-7-5-16-9-11(1)15(14)17/h1-2,4,8,10,16H,3,5-7,9H2. The van der Waals surface area contributed by atoms with Gasteiger partial charge in [-0.2, -0.15) is 11.3 Å². The normalized spacial score (nSPS) is 17.7. The average Bonchev–Trinajstić information content (AvgIpc) is 3.00. The van der Waals surface area contributed by atoms with Gasteiger partial charge in [-0.15, -0.1) is 0 Å². The van der Waals surface area contributed by atoms with E-state index < -0.39 is 0 Å². The van der Waals surface area contributed by atoms with Gasteiger partial charge in [-0.3, -0.25) is 0 Å². The summed E-state index contributed by atoms with van der Waals surface area (Å²) in [5, 5.41) is 7.94. The second kappa shape index (κ2) is 4.11. The molecule has 1 aromatic heterocycles. The first-order chi connectivity index (χ1) is 8.93. The molecule has 0 spiro atoms. The number of rotatable bonds is 1. The SMILES string of the molecule is c1cc(-c2ccc3c4c2CCN4CCNC3)cs1. The Morgan fingerprint density at radius 2 is 2.17 bits per heavy atom. The molecule has 0 aliphatic carbocycles. The monoisotopic (exact) mass is 256 g/mol. The lowest BCUT2D eigenvalue weighted by atomic mass is 9.97. The lowest BCUT2D eigenvalue weighted by molar-refractivity contribution is 0.692. The molecular formula is C15H16N2S. The van der Waals surface area contributed by atoms with Crippen LogP contribution in [0.2, 0.25) is 0 Å². The summed E-state index contributed by atoms with van der Waals surface area (Å²) < 4.78 is 0. The number of hydrogen-bond donors (Lipinski definition) is 1. The van der Waals surface area contributed by atoms with Crippen molar-refractivity contribution in [1.82, 2.24) is 5.32 Å². The van der Waals surface area contributed by atoms with E-state index in [1.807, 2.05) is 0 Å². The highest BCUT2D eigenvalue weighted by molar-refractivity contribution is 7.08. The van der Waals surface area contributed by atoms with E-state index in [-0.39, 0.29) is 0 Å². The van der Waals surface area contributed by atoms with E-state index >= 15 is 0 Å². The second-order valence-corrected chi connectivity index (χ2v) is 5.81. The second-order valence-electron chi connectivity index (χ2n) is 5.03. The van der Waals surface area contributed by atoms with Crippen LogP contribution in [0.1, 0.15) is 11.1 Å². The minimum absolute atomic E-state index is 1.02. The Bertz CT molecular complexity index is 574. The smallest absolute Gasteiger partial charge is 0.0451 e. The van der Waals surface area contributed by atoms with Crippen LogP contribution in [0.25, 0.3) is 11.1 Å². The number of nitrogens with one attached hydrogen (secondary N) is 1. The van der Waals surface area contributed by atoms with Gasteiger partial charge in [0.05, 0.1) is 0 Å². The maximum absolute atomic E-state index is 3.51. The summed E-state index contributed by atoms with van der Waals surface area (Å²) in [4.78, 5) is 2.56. The summed E-state index contributed by atoms with van der Waals surface area (Å²) in [6.07, 6.45) is 1.20. The maximum Gasteiger partial charge on any atom is 0.0451 e. The highest BCUT2D eigenvalue weighted by Gasteiger charge is 2.26. The van der Waals surface area contributed by atoms with Gasteiger partial charge >= 0.3 is 0 Å². The van der Waals surface area contributed by atoms with Crippen LogP contribution >= 0.6 is 11.3 Å². The van der Waals surface area contributed by atoms with Gasteiger partial charge in [0.1, 0.15) is 0 Å². The van der Waals surface area contributed by atoms with Gasteiger partial charge in [-0.1, -0.05) is 12.1 Å². The molecule has 3 heteroatoms. The van der Waals surface area contributed by atoms with Crippen LogP contribution in [-0.4, -0.2) is 19.6 Å². The van der Waals surface area contributed by atoms with E-state index in [9.17, 15) is 0 Å². The molecule has 3 heterocycles. The summed E-state index contributed by atoms with van der Waals surface area (Å²) in [6.45, 7) is 4.45. The molecule has 0 amide bonds. The minimum atomic E-state index is 1.02. The summed E-state index contributed by atoms with van der Waals surface area (Å²) in [7, 11) is 0. The lowest BCUT2D eigenvalue weighted by Gasteiger charge is -2.19. The largest absolute Gasteiger partial charge is 0.369 e. The third-order valence-corrected chi connectivity index (χ3v) is 4.70. The van der Waals surface area contributed by atoms with Crippen LogP contribution in [-0.2, 0) is 13.0 Å². The third kappa shape index (κ3) is 1.51. The summed E-state index contributed by atoms with van der Waals surface area (Å²) >= 11 is 1.78. The number of thiophene rings is 1. The Labute approximate surface area is 111 Å². The Morgan fingerprint density at radius 1 is 1.17 bits per heavy atom. The zero-order valence-corrected chi connectivity index (χ0v) is 11.1. The molecular weight excluding hydrogens is 240 g/mol. The molecule has 0 fully saturated rings. The fourth-order valence-electron chi connectivity index (χ4n) is 3.18. The van der Waals surface area contributed by atoms with E-state index in [0.717, 1.165) is 19.6 Å². The van der Waals surface area contributed by atoms with Crippen molar-refractivity contribution in [1.29, 1.82) is 0 Å². The molecule has 0 saturated carbocycles. The molecule has 0 bridgehead atoms. The quantitative estimate of drug-likeness (QED) is 0.844. The molecule has 0 unspecified atom stereocenters. The highest BCUT2D eigenvalue weighted by Crippen LogP contribution is 2.39. The van der Waals surface area contributed by atoms with Gasteiger partial charge in [0, 0.05) is 31.9 Å². The Balaban J connectivity index is 1.92. The maximum atomic E-state index is 3.51. The van der Waals surface area contributed by atoms with Gasteiger partial charge < -0.3 is 10.2 Å². The molecule has 1 aromatic carbocycles. The van der Waals surface area contributed by atoms with Crippen molar-refractivity contribution in [2.45, 2.75) is 13.0 Å². The van der Waals surface area contributed by atoms with E-state index in [2.05, 4.69) is 39.2 Å². The van der Waals surface area contributed by atoms with E-state index in [1.165, 1.54) is 35.3 Å². The van der Waals surface area contributed by atoms with Crippen molar-refractivity contribution in [2.75, 3.05) is 24.5 Å². The van der Waals surface area contributed by atoms with Gasteiger partial charge in [0.2, 0.25) is 0 Å². The first-order valence-electron chi connectivity index (χ1n) is 6.56. The van der Waals surface area contributed by atoms with Crippen molar-refractivity contribution in [3.8, 4) is 11.1 Å². The van der Waals surface area contributed by atoms with Crippen LogP contribution in [0.3, 0.4) is 0 Å². The highest BCUT2D eigenvalue weighted by atomic mass is 32.1. The first kappa shape index (κ1) is 10.6. The predicted molar refractivity (Wildman–Crippen MR) is 77.4 cm³/mol. The van der Waals surface area contributed by atoms with E-state index in [1.54, 1.807) is 16.9 Å². The zero-order valence-electron chi connectivity index (χ0n) is 10.3. The average molecular weight is 256 g/mol. The lowest BCUT2D eigenvalue weighted by Crippen LogP contribution is -2.27. The molecule has 1 N–H and O–H groups in total. The number of hydrogen-bond acceptors (Lipinski definition) is 3. The molecule has 2 aliphatic rings. The first-order valence-corrected chi connectivity index (χ1v) is 7.51. The molecule has 4 rings (SSSR count).